The molecule has 4 aromatic rings. The van der Waals surface area contributed by atoms with Crippen LogP contribution in [0.2, 0.25) is 5.02 Å². The lowest BCUT2D eigenvalue weighted by molar-refractivity contribution is 0.102. The van der Waals surface area contributed by atoms with Gasteiger partial charge in [-0.25, -0.2) is 0 Å². The smallest absolute Gasteiger partial charge is 0.271 e. The van der Waals surface area contributed by atoms with Crippen LogP contribution in [0.3, 0.4) is 0 Å². The molecule has 5 rings (SSSR count). The van der Waals surface area contributed by atoms with Gasteiger partial charge in [-0.05, 0) is 97.5 Å². The van der Waals surface area contributed by atoms with Crippen LogP contribution >= 0.6 is 23.4 Å². The topological polar surface area (TPSA) is 64.0 Å². The van der Waals surface area contributed by atoms with E-state index in [0.29, 0.717) is 21.3 Å². The molecular weight excluding hydrogens is 466 g/mol. The van der Waals surface area contributed by atoms with Crippen molar-refractivity contribution in [1.29, 1.82) is 0 Å². The Bertz CT molecular complexity index is 1400. The fourth-order valence-electron chi connectivity index (χ4n) is 4.10. The van der Waals surface area contributed by atoms with Crippen molar-refractivity contribution >= 4 is 35.0 Å². The molecule has 0 unspecified atom stereocenters. The van der Waals surface area contributed by atoms with Gasteiger partial charge in [0, 0.05) is 27.2 Å². The van der Waals surface area contributed by atoms with Crippen LogP contribution in [0.15, 0.2) is 93.6 Å². The first-order valence-corrected chi connectivity index (χ1v) is 12.3. The first-order valence-electron chi connectivity index (χ1n) is 11.1. The van der Waals surface area contributed by atoms with E-state index < -0.39 is 0 Å². The molecule has 0 saturated heterocycles. The van der Waals surface area contributed by atoms with Crippen LogP contribution in [-0.4, -0.2) is 15.7 Å². The Balaban J connectivity index is 1.34. The van der Waals surface area contributed by atoms with Crippen LogP contribution in [0.25, 0.3) is 5.69 Å². The zero-order valence-corrected chi connectivity index (χ0v) is 19.9. The predicted molar refractivity (Wildman–Crippen MR) is 136 cm³/mol. The highest BCUT2D eigenvalue weighted by atomic mass is 35.5. The van der Waals surface area contributed by atoms with E-state index in [1.807, 2.05) is 36.4 Å². The van der Waals surface area contributed by atoms with Gasteiger partial charge in [0.2, 0.25) is 0 Å². The summed E-state index contributed by atoms with van der Waals surface area (Å²) in [6, 6.07) is 23.6. The van der Waals surface area contributed by atoms with Crippen molar-refractivity contribution in [3.63, 3.8) is 0 Å². The largest absolute Gasteiger partial charge is 0.322 e. The number of aromatic nitrogens is 2. The number of nitrogens with zero attached hydrogens (tertiary/aromatic N) is 2. The second-order valence-corrected chi connectivity index (χ2v) is 9.66. The van der Waals surface area contributed by atoms with Gasteiger partial charge in [0.1, 0.15) is 5.03 Å². The number of carbonyl (C=O) groups excluding carboxylic acids is 1. The molecule has 7 heteroatoms. The third-order valence-corrected chi connectivity index (χ3v) is 7.02. The third kappa shape index (κ3) is 4.93. The molecule has 1 heterocycles. The van der Waals surface area contributed by atoms with Crippen molar-refractivity contribution in [3.05, 3.63) is 111 Å². The Morgan fingerprint density at radius 2 is 1.68 bits per heavy atom. The molecule has 34 heavy (non-hydrogen) atoms. The average Bonchev–Trinajstić information content (AvgIpc) is 2.87. The Morgan fingerprint density at radius 1 is 0.912 bits per heavy atom. The first kappa shape index (κ1) is 22.4. The number of halogens is 1. The Morgan fingerprint density at radius 3 is 2.47 bits per heavy atom. The Hall–Kier alpha value is -3.35. The minimum atomic E-state index is -0.242. The summed E-state index contributed by atoms with van der Waals surface area (Å²) in [5.74, 6) is -0.169. The zero-order chi connectivity index (χ0) is 23.5. The molecule has 3 aromatic carbocycles. The lowest BCUT2D eigenvalue weighted by Gasteiger charge is -2.19. The quantitative estimate of drug-likeness (QED) is 0.365. The van der Waals surface area contributed by atoms with Crippen LogP contribution in [0.1, 0.15) is 34.3 Å². The number of amides is 1. The second-order valence-electron chi connectivity index (χ2n) is 8.13. The van der Waals surface area contributed by atoms with Crippen molar-refractivity contribution in [3.8, 4) is 5.69 Å². The first-order chi connectivity index (χ1) is 16.6. The summed E-state index contributed by atoms with van der Waals surface area (Å²) in [5, 5.41) is 8.89. The molecule has 1 amide bonds. The van der Waals surface area contributed by atoms with Crippen LogP contribution in [-0.2, 0) is 12.8 Å². The molecule has 0 saturated carbocycles. The van der Waals surface area contributed by atoms with Gasteiger partial charge >= 0.3 is 0 Å². The summed E-state index contributed by atoms with van der Waals surface area (Å²) in [5.41, 5.74) is 4.32. The normalized spacial score (nSPS) is 12.7. The fourth-order valence-corrected chi connectivity index (χ4v) is 5.00. The molecule has 1 aliphatic carbocycles. The molecule has 1 N–H and O–H groups in total. The van der Waals surface area contributed by atoms with Crippen molar-refractivity contribution in [2.75, 3.05) is 5.32 Å². The van der Waals surface area contributed by atoms with Gasteiger partial charge in [0.05, 0.1) is 5.69 Å². The van der Waals surface area contributed by atoms with E-state index in [1.165, 1.54) is 40.1 Å². The van der Waals surface area contributed by atoms with E-state index in [9.17, 15) is 9.59 Å². The molecule has 0 fully saturated rings. The van der Waals surface area contributed by atoms with E-state index in [4.69, 9.17) is 11.6 Å². The molecule has 0 spiro atoms. The minimum Gasteiger partial charge on any atom is -0.322 e. The van der Waals surface area contributed by atoms with E-state index in [2.05, 4.69) is 16.5 Å². The monoisotopic (exact) mass is 487 g/mol. The number of aryl methyl sites for hydroxylation is 1. The van der Waals surface area contributed by atoms with Crippen LogP contribution in [0.4, 0.5) is 5.69 Å². The molecule has 0 bridgehead atoms. The number of nitrogens with one attached hydrogen (secondary N) is 1. The number of fused-ring (bicyclic) bond motifs is 1. The number of benzene rings is 3. The predicted octanol–water partition coefficient (Wildman–Crippen LogP) is 6.17. The molecule has 0 aliphatic heterocycles. The Kier molecular flexibility index (Phi) is 6.52. The maximum absolute atomic E-state index is 12.9. The summed E-state index contributed by atoms with van der Waals surface area (Å²) >= 11 is 7.39. The van der Waals surface area contributed by atoms with Crippen LogP contribution in [0.5, 0.6) is 0 Å². The molecule has 0 atom stereocenters. The van der Waals surface area contributed by atoms with Crippen LogP contribution < -0.4 is 10.9 Å². The Labute approximate surface area is 206 Å². The van der Waals surface area contributed by atoms with Gasteiger partial charge in [0.15, 0.2) is 0 Å². The summed E-state index contributed by atoms with van der Waals surface area (Å²) in [6.07, 6.45) is 4.39. The van der Waals surface area contributed by atoms with Crippen LogP contribution in [0, 0.1) is 0 Å². The number of hydrogen-bond donors (Lipinski definition) is 1. The summed E-state index contributed by atoms with van der Waals surface area (Å²) in [4.78, 5) is 26.3. The highest BCUT2D eigenvalue weighted by Crippen LogP contribution is 2.29. The zero-order valence-electron chi connectivity index (χ0n) is 18.3. The van der Waals surface area contributed by atoms with E-state index >= 15 is 0 Å². The van der Waals surface area contributed by atoms with Crippen molar-refractivity contribution in [2.45, 2.75) is 35.6 Å². The standard InChI is InChI=1S/C27H22ClN3O2S/c28-20-10-14-22(15-11-20)34-25-16-17-26(32)31(30-25)21-12-8-19(9-13-21)27(33)29-24-7-3-5-18-4-1-2-6-23(18)24/h3,5,7-17H,1-2,4,6H2,(H,29,33). The molecule has 1 aromatic heterocycles. The molecule has 5 nitrogen and oxygen atoms in total. The van der Waals surface area contributed by atoms with Crippen molar-refractivity contribution < 1.29 is 4.79 Å². The second kappa shape index (κ2) is 9.87. The van der Waals surface area contributed by atoms with Gasteiger partial charge in [0.25, 0.3) is 11.5 Å². The molecule has 170 valence electrons. The highest BCUT2D eigenvalue weighted by molar-refractivity contribution is 7.99. The van der Waals surface area contributed by atoms with Crippen molar-refractivity contribution in [2.24, 2.45) is 0 Å². The van der Waals surface area contributed by atoms with E-state index in [-0.39, 0.29) is 11.5 Å². The lowest BCUT2D eigenvalue weighted by Crippen LogP contribution is -2.20. The van der Waals surface area contributed by atoms with Crippen molar-refractivity contribution in [1.82, 2.24) is 9.78 Å². The molecule has 1 aliphatic rings. The highest BCUT2D eigenvalue weighted by Gasteiger charge is 2.15. The number of carbonyl (C=O) groups is 1. The van der Waals surface area contributed by atoms with Gasteiger partial charge in [-0.1, -0.05) is 35.5 Å². The molecule has 0 radical (unpaired) electrons. The maximum Gasteiger partial charge on any atom is 0.271 e. The summed E-state index contributed by atoms with van der Waals surface area (Å²) < 4.78 is 1.34. The summed E-state index contributed by atoms with van der Waals surface area (Å²) in [6.45, 7) is 0. The van der Waals surface area contributed by atoms with Gasteiger partial charge in [-0.2, -0.15) is 9.78 Å². The van der Waals surface area contributed by atoms with Gasteiger partial charge < -0.3 is 5.32 Å². The number of anilines is 1. The number of rotatable bonds is 5. The maximum atomic E-state index is 12.9. The van der Waals surface area contributed by atoms with Gasteiger partial charge in [-0.15, -0.1) is 0 Å². The van der Waals surface area contributed by atoms with Gasteiger partial charge in [-0.3, -0.25) is 9.59 Å². The SMILES string of the molecule is O=C(Nc1cccc2c1CCCC2)c1ccc(-n2nc(Sc3ccc(Cl)cc3)ccc2=O)cc1. The van der Waals surface area contributed by atoms with E-state index in [0.717, 1.165) is 29.8 Å². The van der Waals surface area contributed by atoms with E-state index in [1.54, 1.807) is 30.3 Å². The lowest BCUT2D eigenvalue weighted by atomic mass is 9.90. The third-order valence-electron chi connectivity index (χ3n) is 5.83. The molecular formula is C27H22ClN3O2S. The number of hydrogen-bond acceptors (Lipinski definition) is 4. The fraction of sp³-hybridized carbons (Fsp3) is 0.148. The average molecular weight is 488 g/mol. The summed E-state index contributed by atoms with van der Waals surface area (Å²) in [7, 11) is 0. The minimum absolute atomic E-state index is 0.169.